The third-order valence-corrected chi connectivity index (χ3v) is 5.88. The van der Waals surface area contributed by atoms with Gasteiger partial charge in [-0.15, -0.1) is 0 Å². The predicted molar refractivity (Wildman–Crippen MR) is 140 cm³/mol. The van der Waals surface area contributed by atoms with Gasteiger partial charge in [0, 0.05) is 6.54 Å². The lowest BCUT2D eigenvalue weighted by Gasteiger charge is -2.19. The second-order valence-electron chi connectivity index (χ2n) is 8.67. The number of carbonyl (C=O) groups is 1. The molecule has 0 aromatic heterocycles. The van der Waals surface area contributed by atoms with Crippen LogP contribution in [0.1, 0.15) is 24.8 Å². The molecule has 1 saturated heterocycles. The molecule has 0 saturated carbocycles. The summed E-state index contributed by atoms with van der Waals surface area (Å²) in [6, 6.07) is 26.1. The normalized spacial score (nSPS) is 14.0. The van der Waals surface area contributed by atoms with Crippen molar-refractivity contribution in [2.75, 3.05) is 33.4 Å². The minimum Gasteiger partial charge on any atom is -0.497 e. The highest BCUT2D eigenvalue weighted by Gasteiger charge is 2.15. The van der Waals surface area contributed by atoms with E-state index in [1.807, 2.05) is 6.07 Å². The van der Waals surface area contributed by atoms with E-state index in [0.29, 0.717) is 12.4 Å². The SMILES string of the molecule is COc1ccc(OCCC(N)=O)cc1.OC(Cc1ccc(-c2ccccc2)cc1)CN1CCCC1. The molecule has 186 valence electrons. The molecule has 1 atom stereocenters. The highest BCUT2D eigenvalue weighted by molar-refractivity contribution is 5.73. The molecule has 1 unspecified atom stereocenters. The summed E-state index contributed by atoms with van der Waals surface area (Å²) in [5.41, 5.74) is 8.64. The summed E-state index contributed by atoms with van der Waals surface area (Å²) in [7, 11) is 1.60. The van der Waals surface area contributed by atoms with Gasteiger partial charge in [0.25, 0.3) is 0 Å². The van der Waals surface area contributed by atoms with Gasteiger partial charge in [-0.05, 0) is 73.3 Å². The van der Waals surface area contributed by atoms with Crippen LogP contribution in [-0.2, 0) is 11.2 Å². The molecular formula is C29H36N2O4. The highest BCUT2D eigenvalue weighted by atomic mass is 16.5. The van der Waals surface area contributed by atoms with Gasteiger partial charge in [0.15, 0.2) is 0 Å². The zero-order valence-corrected chi connectivity index (χ0v) is 20.4. The first kappa shape index (κ1) is 26.3. The molecule has 0 radical (unpaired) electrons. The zero-order valence-electron chi connectivity index (χ0n) is 20.4. The van der Waals surface area contributed by atoms with Gasteiger partial charge in [-0.1, -0.05) is 54.6 Å². The van der Waals surface area contributed by atoms with E-state index in [0.717, 1.165) is 31.8 Å². The van der Waals surface area contributed by atoms with Crippen molar-refractivity contribution in [3.8, 4) is 22.6 Å². The minimum absolute atomic E-state index is 0.228. The third-order valence-electron chi connectivity index (χ3n) is 5.88. The first-order chi connectivity index (χ1) is 17.0. The molecular weight excluding hydrogens is 440 g/mol. The molecule has 3 N–H and O–H groups in total. The van der Waals surface area contributed by atoms with E-state index in [2.05, 4.69) is 53.4 Å². The number of nitrogens with zero attached hydrogens (tertiary/aromatic N) is 1. The molecule has 6 nitrogen and oxygen atoms in total. The van der Waals surface area contributed by atoms with Crippen LogP contribution in [0.5, 0.6) is 11.5 Å². The Morgan fingerprint density at radius 3 is 2.11 bits per heavy atom. The number of ether oxygens (including phenoxy) is 2. The minimum atomic E-state index is -0.362. The number of hydrogen-bond acceptors (Lipinski definition) is 5. The predicted octanol–water partition coefficient (Wildman–Crippen LogP) is 4.30. The van der Waals surface area contributed by atoms with Crippen LogP contribution in [0.2, 0.25) is 0 Å². The molecule has 3 aromatic rings. The fraction of sp³-hybridized carbons (Fsp3) is 0.345. The molecule has 1 aliphatic heterocycles. The van der Waals surface area contributed by atoms with Crippen LogP contribution in [-0.4, -0.2) is 55.4 Å². The third kappa shape index (κ3) is 9.43. The van der Waals surface area contributed by atoms with Crippen LogP contribution in [0.25, 0.3) is 11.1 Å². The Morgan fingerprint density at radius 1 is 0.914 bits per heavy atom. The Bertz CT molecular complexity index is 1000. The largest absolute Gasteiger partial charge is 0.497 e. The van der Waals surface area contributed by atoms with Crippen LogP contribution in [0, 0.1) is 0 Å². The molecule has 35 heavy (non-hydrogen) atoms. The molecule has 0 spiro atoms. The van der Waals surface area contributed by atoms with E-state index in [-0.39, 0.29) is 18.4 Å². The maximum Gasteiger partial charge on any atom is 0.220 e. The van der Waals surface area contributed by atoms with Crippen molar-refractivity contribution in [1.82, 2.24) is 4.90 Å². The molecule has 1 amide bonds. The van der Waals surface area contributed by atoms with Crippen molar-refractivity contribution in [1.29, 1.82) is 0 Å². The lowest BCUT2D eigenvalue weighted by atomic mass is 10.0. The molecule has 4 rings (SSSR count). The Labute approximate surface area is 208 Å². The Morgan fingerprint density at radius 2 is 1.51 bits per heavy atom. The number of aliphatic hydroxyl groups excluding tert-OH is 1. The van der Waals surface area contributed by atoms with Gasteiger partial charge in [0.05, 0.1) is 26.2 Å². The van der Waals surface area contributed by atoms with E-state index in [1.165, 1.54) is 29.5 Å². The number of hydrogen-bond donors (Lipinski definition) is 2. The molecule has 1 aliphatic rings. The van der Waals surface area contributed by atoms with Gasteiger partial charge in [-0.25, -0.2) is 0 Å². The topological polar surface area (TPSA) is 85.0 Å². The molecule has 0 bridgehead atoms. The van der Waals surface area contributed by atoms with Crippen molar-refractivity contribution in [3.63, 3.8) is 0 Å². The average molecular weight is 477 g/mol. The van der Waals surface area contributed by atoms with Gasteiger partial charge in [-0.3, -0.25) is 4.79 Å². The Kier molecular flexibility index (Phi) is 10.6. The fourth-order valence-electron chi connectivity index (χ4n) is 4.01. The second kappa shape index (κ2) is 14.1. The van der Waals surface area contributed by atoms with Crippen molar-refractivity contribution in [2.45, 2.75) is 31.8 Å². The van der Waals surface area contributed by atoms with Crippen molar-refractivity contribution >= 4 is 5.91 Å². The number of methoxy groups -OCH3 is 1. The number of carbonyl (C=O) groups excluding carboxylic acids is 1. The average Bonchev–Trinajstić information content (AvgIpc) is 3.38. The first-order valence-corrected chi connectivity index (χ1v) is 12.1. The van der Waals surface area contributed by atoms with E-state index in [9.17, 15) is 9.90 Å². The number of amides is 1. The van der Waals surface area contributed by atoms with E-state index < -0.39 is 0 Å². The number of nitrogens with two attached hydrogens (primary N) is 1. The number of rotatable bonds is 10. The van der Waals surface area contributed by atoms with Gasteiger partial charge < -0.3 is 25.2 Å². The summed E-state index contributed by atoms with van der Waals surface area (Å²) >= 11 is 0. The Balaban J connectivity index is 0.000000214. The number of likely N-dealkylation sites (tertiary alicyclic amines) is 1. The summed E-state index contributed by atoms with van der Waals surface area (Å²) in [5, 5.41) is 10.2. The molecule has 1 fully saturated rings. The van der Waals surface area contributed by atoms with Crippen molar-refractivity contribution in [3.05, 3.63) is 84.4 Å². The highest BCUT2D eigenvalue weighted by Crippen LogP contribution is 2.20. The van der Waals surface area contributed by atoms with Gasteiger partial charge >= 0.3 is 0 Å². The molecule has 1 heterocycles. The van der Waals surface area contributed by atoms with Crippen LogP contribution in [0.4, 0.5) is 0 Å². The Hall–Kier alpha value is -3.35. The lowest BCUT2D eigenvalue weighted by Crippen LogP contribution is -2.31. The first-order valence-electron chi connectivity index (χ1n) is 12.1. The van der Waals surface area contributed by atoms with Crippen molar-refractivity contribution < 1.29 is 19.4 Å². The molecule has 0 aliphatic carbocycles. The summed E-state index contributed by atoms with van der Waals surface area (Å²) in [6.07, 6.45) is 3.26. The second-order valence-corrected chi connectivity index (χ2v) is 8.67. The molecule has 3 aromatic carbocycles. The number of β-amino-alcohol motifs (C(OH)–C–C–N with tert-alkyl or cyclic N) is 1. The van der Waals surface area contributed by atoms with Gasteiger partial charge in [0.2, 0.25) is 5.91 Å². The zero-order chi connectivity index (χ0) is 24.9. The maximum absolute atomic E-state index is 10.4. The summed E-state index contributed by atoms with van der Waals surface area (Å²) in [6.45, 7) is 3.40. The maximum atomic E-state index is 10.4. The summed E-state index contributed by atoms with van der Waals surface area (Å²) < 4.78 is 10.2. The number of primary amides is 1. The number of benzene rings is 3. The standard InChI is InChI=1S/C19H23NO.C10H13NO3/c21-19(15-20-12-4-5-13-20)14-16-8-10-18(11-9-16)17-6-2-1-3-7-17;1-13-8-2-4-9(5-3-8)14-7-6-10(11)12/h1-3,6-11,19,21H,4-5,12-15H2;2-5H,6-7H2,1H3,(H2,11,12). The summed E-state index contributed by atoms with van der Waals surface area (Å²) in [5.74, 6) is 1.11. The lowest BCUT2D eigenvalue weighted by molar-refractivity contribution is -0.118. The van der Waals surface area contributed by atoms with Crippen LogP contribution in [0.15, 0.2) is 78.9 Å². The quantitative estimate of drug-likeness (QED) is 0.456. The number of aliphatic hydroxyl groups is 1. The summed E-state index contributed by atoms with van der Waals surface area (Å²) in [4.78, 5) is 12.8. The van der Waals surface area contributed by atoms with Crippen LogP contribution >= 0.6 is 0 Å². The van der Waals surface area contributed by atoms with E-state index in [1.54, 1.807) is 31.4 Å². The van der Waals surface area contributed by atoms with Gasteiger partial charge in [0.1, 0.15) is 11.5 Å². The van der Waals surface area contributed by atoms with Crippen molar-refractivity contribution in [2.24, 2.45) is 5.73 Å². The fourth-order valence-corrected chi connectivity index (χ4v) is 4.01. The monoisotopic (exact) mass is 476 g/mol. The smallest absolute Gasteiger partial charge is 0.220 e. The van der Waals surface area contributed by atoms with Crippen LogP contribution in [0.3, 0.4) is 0 Å². The van der Waals surface area contributed by atoms with E-state index >= 15 is 0 Å². The van der Waals surface area contributed by atoms with E-state index in [4.69, 9.17) is 15.2 Å². The van der Waals surface area contributed by atoms with Gasteiger partial charge in [-0.2, -0.15) is 0 Å². The molecule has 6 heteroatoms. The van der Waals surface area contributed by atoms with Crippen LogP contribution < -0.4 is 15.2 Å².